The minimum atomic E-state index is -3.91. The smallest absolute Gasteiger partial charge is 0.335 e. The number of nitrogens with zero attached hydrogens (tertiary/aromatic N) is 1. The molecule has 0 atom stereocenters. The number of likely N-dealkylation sites (N-methyl/N-ethyl adjacent to an activating group) is 1. The van der Waals surface area contributed by atoms with Crippen molar-refractivity contribution in [3.8, 4) is 0 Å². The van der Waals surface area contributed by atoms with Crippen LogP contribution in [0, 0.1) is 0 Å². The average Bonchev–Trinajstić information content (AvgIpc) is 2.44. The highest BCUT2D eigenvalue weighted by molar-refractivity contribution is 7.89. The molecule has 1 amide bonds. The van der Waals surface area contributed by atoms with Gasteiger partial charge in [-0.2, -0.15) is 0 Å². The van der Waals surface area contributed by atoms with Gasteiger partial charge < -0.3 is 10.0 Å². The Bertz CT molecular complexity index is 612. The van der Waals surface area contributed by atoms with E-state index >= 15 is 0 Å². The van der Waals surface area contributed by atoms with Crippen LogP contribution in [0.25, 0.3) is 0 Å². The Labute approximate surface area is 117 Å². The summed E-state index contributed by atoms with van der Waals surface area (Å²) in [6.45, 7) is 1.86. The van der Waals surface area contributed by atoms with E-state index < -0.39 is 16.0 Å². The van der Waals surface area contributed by atoms with Crippen molar-refractivity contribution in [3.05, 3.63) is 29.8 Å². The molecule has 0 heterocycles. The summed E-state index contributed by atoms with van der Waals surface area (Å²) in [7, 11) is -2.36. The first-order valence-electron chi connectivity index (χ1n) is 5.85. The highest BCUT2D eigenvalue weighted by atomic mass is 32.2. The van der Waals surface area contributed by atoms with E-state index in [0.717, 1.165) is 6.07 Å². The Kier molecular flexibility index (Phi) is 5.23. The number of amides is 1. The molecule has 2 N–H and O–H groups in total. The molecule has 20 heavy (non-hydrogen) atoms. The highest BCUT2D eigenvalue weighted by Crippen LogP contribution is 2.11. The van der Waals surface area contributed by atoms with Gasteiger partial charge in [0, 0.05) is 13.6 Å². The van der Waals surface area contributed by atoms with Crippen molar-refractivity contribution in [1.82, 2.24) is 9.62 Å². The summed E-state index contributed by atoms with van der Waals surface area (Å²) in [5, 5.41) is 8.82. The largest absolute Gasteiger partial charge is 0.478 e. The summed E-state index contributed by atoms with van der Waals surface area (Å²) in [5.41, 5.74) is -0.134. The SMILES string of the molecule is CCN(C)C(=O)CNS(=O)(=O)c1cccc(C(=O)O)c1. The van der Waals surface area contributed by atoms with Gasteiger partial charge in [0.2, 0.25) is 15.9 Å². The number of hydrogen-bond acceptors (Lipinski definition) is 4. The fourth-order valence-corrected chi connectivity index (χ4v) is 2.37. The van der Waals surface area contributed by atoms with Crippen LogP contribution >= 0.6 is 0 Å². The summed E-state index contributed by atoms with van der Waals surface area (Å²) in [6.07, 6.45) is 0. The van der Waals surface area contributed by atoms with Crippen molar-refractivity contribution < 1.29 is 23.1 Å². The lowest BCUT2D eigenvalue weighted by Gasteiger charge is -2.14. The third-order valence-corrected chi connectivity index (χ3v) is 4.10. The van der Waals surface area contributed by atoms with Gasteiger partial charge in [-0.25, -0.2) is 17.9 Å². The van der Waals surface area contributed by atoms with Gasteiger partial charge in [0.05, 0.1) is 17.0 Å². The highest BCUT2D eigenvalue weighted by Gasteiger charge is 2.18. The molecule has 1 aromatic rings. The number of carboxylic acid groups (broad SMARTS) is 1. The first kappa shape index (κ1) is 16.1. The molecule has 0 radical (unpaired) electrons. The molecule has 0 spiro atoms. The quantitative estimate of drug-likeness (QED) is 0.778. The Morgan fingerprint density at radius 3 is 2.55 bits per heavy atom. The number of carbonyl (C=O) groups is 2. The number of nitrogens with one attached hydrogen (secondary N) is 1. The third-order valence-electron chi connectivity index (χ3n) is 2.70. The second-order valence-corrected chi connectivity index (χ2v) is 5.83. The first-order valence-corrected chi connectivity index (χ1v) is 7.33. The molecular weight excluding hydrogens is 284 g/mol. The van der Waals surface area contributed by atoms with E-state index in [1.807, 2.05) is 0 Å². The molecule has 1 rings (SSSR count). The summed E-state index contributed by atoms with van der Waals surface area (Å²) < 4.78 is 26.0. The van der Waals surface area contributed by atoms with Gasteiger partial charge in [-0.3, -0.25) is 4.79 Å². The molecule has 0 aromatic heterocycles. The predicted molar refractivity (Wildman–Crippen MR) is 71.9 cm³/mol. The second kappa shape index (κ2) is 6.49. The molecule has 8 heteroatoms. The number of sulfonamides is 1. The minimum absolute atomic E-state index is 0.134. The number of aromatic carboxylic acids is 1. The normalized spacial score (nSPS) is 11.1. The number of carbonyl (C=O) groups excluding carboxylic acids is 1. The van der Waals surface area contributed by atoms with E-state index in [9.17, 15) is 18.0 Å². The van der Waals surface area contributed by atoms with Crippen LogP contribution in [0.3, 0.4) is 0 Å². The van der Waals surface area contributed by atoms with Gasteiger partial charge in [-0.05, 0) is 25.1 Å². The predicted octanol–water partition coefficient (Wildman–Crippen LogP) is 0.141. The molecule has 0 aliphatic rings. The number of carboxylic acids is 1. The van der Waals surface area contributed by atoms with E-state index in [-0.39, 0.29) is 22.9 Å². The number of hydrogen-bond donors (Lipinski definition) is 2. The van der Waals surface area contributed by atoms with Crippen LogP contribution in [-0.2, 0) is 14.8 Å². The topological polar surface area (TPSA) is 104 Å². The van der Waals surface area contributed by atoms with Gasteiger partial charge in [0.15, 0.2) is 0 Å². The molecular formula is C12H16N2O5S. The van der Waals surface area contributed by atoms with Crippen molar-refractivity contribution in [1.29, 1.82) is 0 Å². The van der Waals surface area contributed by atoms with Gasteiger partial charge in [-0.1, -0.05) is 6.07 Å². The average molecular weight is 300 g/mol. The Morgan fingerprint density at radius 2 is 2.00 bits per heavy atom. The van der Waals surface area contributed by atoms with Crippen LogP contribution < -0.4 is 4.72 Å². The molecule has 0 aliphatic carbocycles. The molecule has 1 aromatic carbocycles. The Balaban J connectivity index is 2.87. The van der Waals surface area contributed by atoms with Crippen LogP contribution in [0.5, 0.6) is 0 Å². The molecule has 110 valence electrons. The molecule has 7 nitrogen and oxygen atoms in total. The molecule has 0 aliphatic heterocycles. The van der Waals surface area contributed by atoms with Crippen molar-refractivity contribution in [2.75, 3.05) is 20.1 Å². The van der Waals surface area contributed by atoms with E-state index in [1.54, 1.807) is 14.0 Å². The van der Waals surface area contributed by atoms with Crippen LogP contribution in [-0.4, -0.2) is 50.4 Å². The summed E-state index contributed by atoms with van der Waals surface area (Å²) >= 11 is 0. The van der Waals surface area contributed by atoms with E-state index in [2.05, 4.69) is 4.72 Å². The fourth-order valence-electron chi connectivity index (χ4n) is 1.35. The molecule has 0 saturated carbocycles. The van der Waals surface area contributed by atoms with Crippen LogP contribution in [0.2, 0.25) is 0 Å². The lowest BCUT2D eigenvalue weighted by atomic mass is 10.2. The summed E-state index contributed by atoms with van der Waals surface area (Å²) in [6, 6.07) is 4.93. The number of rotatable bonds is 6. The summed E-state index contributed by atoms with van der Waals surface area (Å²) in [4.78, 5) is 23.5. The zero-order chi connectivity index (χ0) is 15.3. The minimum Gasteiger partial charge on any atom is -0.478 e. The van der Waals surface area contributed by atoms with E-state index in [1.165, 1.54) is 23.1 Å². The standard InChI is InChI=1S/C12H16N2O5S/c1-3-14(2)11(15)8-13-20(18,19)10-6-4-5-9(7-10)12(16)17/h4-7,13H,3,8H2,1-2H3,(H,16,17). The van der Waals surface area contributed by atoms with Crippen molar-refractivity contribution in [2.45, 2.75) is 11.8 Å². The van der Waals surface area contributed by atoms with Crippen molar-refractivity contribution in [3.63, 3.8) is 0 Å². The maximum atomic E-state index is 11.9. The van der Waals surface area contributed by atoms with Gasteiger partial charge in [0.25, 0.3) is 0 Å². The molecule has 0 bridgehead atoms. The molecule has 0 unspecified atom stereocenters. The maximum absolute atomic E-state index is 11.9. The van der Waals surface area contributed by atoms with Crippen LogP contribution in [0.4, 0.5) is 0 Å². The Morgan fingerprint density at radius 1 is 1.35 bits per heavy atom. The molecule has 0 fully saturated rings. The molecule has 0 saturated heterocycles. The lowest BCUT2D eigenvalue weighted by Crippen LogP contribution is -2.38. The van der Waals surface area contributed by atoms with Crippen LogP contribution in [0.1, 0.15) is 17.3 Å². The first-order chi connectivity index (χ1) is 9.27. The van der Waals surface area contributed by atoms with Crippen molar-refractivity contribution in [2.24, 2.45) is 0 Å². The third kappa shape index (κ3) is 4.04. The van der Waals surface area contributed by atoms with E-state index in [4.69, 9.17) is 5.11 Å². The maximum Gasteiger partial charge on any atom is 0.335 e. The zero-order valence-electron chi connectivity index (χ0n) is 11.2. The van der Waals surface area contributed by atoms with E-state index in [0.29, 0.717) is 6.54 Å². The second-order valence-electron chi connectivity index (χ2n) is 4.07. The van der Waals surface area contributed by atoms with Crippen LogP contribution in [0.15, 0.2) is 29.2 Å². The lowest BCUT2D eigenvalue weighted by molar-refractivity contribution is -0.128. The number of benzene rings is 1. The monoisotopic (exact) mass is 300 g/mol. The summed E-state index contributed by atoms with van der Waals surface area (Å²) in [5.74, 6) is -1.59. The van der Waals surface area contributed by atoms with Crippen molar-refractivity contribution >= 4 is 21.9 Å². The zero-order valence-corrected chi connectivity index (χ0v) is 12.0. The fraction of sp³-hybridized carbons (Fsp3) is 0.333. The van der Waals surface area contributed by atoms with Gasteiger partial charge in [-0.15, -0.1) is 0 Å². The Hall–Kier alpha value is -1.93. The van der Waals surface area contributed by atoms with Gasteiger partial charge >= 0.3 is 5.97 Å². The van der Waals surface area contributed by atoms with Gasteiger partial charge in [0.1, 0.15) is 0 Å².